The zero-order chi connectivity index (χ0) is 37.6. The molecule has 5 rings (SSSR count). The number of aliphatic hydroxyl groups excluding tert-OH is 2. The smallest absolute Gasteiger partial charge is 0.409 e. The summed E-state index contributed by atoms with van der Waals surface area (Å²) in [5.41, 5.74) is 2.81. The van der Waals surface area contributed by atoms with E-state index >= 15 is 0 Å². The first kappa shape index (κ1) is 40.7. The van der Waals surface area contributed by atoms with E-state index in [1.54, 1.807) is 22.7 Å². The zero-order valence-corrected chi connectivity index (χ0v) is 32.4. The van der Waals surface area contributed by atoms with Crippen LogP contribution in [0.2, 0.25) is 0 Å². The molecule has 1 fully saturated rings. The number of hydrogen-bond acceptors (Lipinski definition) is 10. The van der Waals surface area contributed by atoms with E-state index in [4.69, 9.17) is 28.9 Å². The number of benzene rings is 2. The van der Waals surface area contributed by atoms with Gasteiger partial charge in [-0.2, -0.15) is 0 Å². The number of methoxy groups -OCH3 is 1. The number of amides is 1. The fourth-order valence-corrected chi connectivity index (χ4v) is 9.20. The van der Waals surface area contributed by atoms with Gasteiger partial charge in [-0.15, -0.1) is 18.3 Å². The molecule has 11 heteroatoms. The van der Waals surface area contributed by atoms with Crippen LogP contribution >= 0.6 is 11.8 Å². The highest BCUT2D eigenvalue weighted by Crippen LogP contribution is 2.62. The Morgan fingerprint density at radius 1 is 1.09 bits per heavy atom. The van der Waals surface area contributed by atoms with Gasteiger partial charge in [0.2, 0.25) is 5.79 Å². The quantitative estimate of drug-likeness (QED) is 0.0567. The van der Waals surface area contributed by atoms with Gasteiger partial charge in [0, 0.05) is 48.3 Å². The first-order valence-electron chi connectivity index (χ1n) is 19.3. The number of oxime groups is 1. The van der Waals surface area contributed by atoms with Crippen molar-refractivity contribution in [3.8, 4) is 11.5 Å². The van der Waals surface area contributed by atoms with Gasteiger partial charge in [-0.05, 0) is 86.8 Å². The molecule has 1 heterocycles. The maximum absolute atomic E-state index is 13.6. The number of nitrogens with zero attached hydrogens (tertiary/aromatic N) is 2. The Bertz CT molecular complexity index is 1540. The number of allylic oxidation sites excluding steroid dienone is 1. The Morgan fingerprint density at radius 3 is 2.57 bits per heavy atom. The summed E-state index contributed by atoms with van der Waals surface area (Å²) in [6.07, 6.45) is 9.54. The third-order valence-corrected chi connectivity index (χ3v) is 11.5. The lowest BCUT2D eigenvalue weighted by molar-refractivity contribution is -0.255. The van der Waals surface area contributed by atoms with Crippen molar-refractivity contribution >= 4 is 23.6 Å². The number of unbranched alkanes of at least 4 members (excludes halogenated alkanes) is 2. The predicted molar refractivity (Wildman–Crippen MR) is 209 cm³/mol. The van der Waals surface area contributed by atoms with Gasteiger partial charge in [0.1, 0.15) is 24.1 Å². The highest BCUT2D eigenvalue weighted by molar-refractivity contribution is 7.99. The molecule has 0 radical (unpaired) electrons. The van der Waals surface area contributed by atoms with E-state index in [1.165, 1.54) is 12.0 Å². The Morgan fingerprint density at radius 2 is 1.87 bits per heavy atom. The van der Waals surface area contributed by atoms with Crippen molar-refractivity contribution in [2.75, 3.05) is 52.4 Å². The van der Waals surface area contributed by atoms with Gasteiger partial charge in [-0.3, -0.25) is 4.90 Å². The van der Waals surface area contributed by atoms with E-state index in [-0.39, 0.29) is 43.5 Å². The first-order chi connectivity index (χ1) is 26.0. The molecule has 2 N–H and O–H groups in total. The minimum absolute atomic E-state index is 0.112. The van der Waals surface area contributed by atoms with Crippen LogP contribution in [-0.4, -0.2) is 91.2 Å². The summed E-state index contributed by atoms with van der Waals surface area (Å²) in [6, 6.07) is 15.8. The molecule has 1 amide bonds. The van der Waals surface area contributed by atoms with E-state index in [1.807, 2.05) is 44.2 Å². The van der Waals surface area contributed by atoms with Gasteiger partial charge in [0.15, 0.2) is 0 Å². The van der Waals surface area contributed by atoms with Crippen molar-refractivity contribution in [1.29, 1.82) is 0 Å². The number of rotatable bonds is 21. The van der Waals surface area contributed by atoms with Crippen LogP contribution in [0, 0.1) is 17.8 Å². The van der Waals surface area contributed by atoms with E-state index in [0.717, 1.165) is 60.5 Å². The van der Waals surface area contributed by atoms with E-state index in [0.29, 0.717) is 44.8 Å². The van der Waals surface area contributed by atoms with Crippen molar-refractivity contribution in [1.82, 2.24) is 4.90 Å². The number of thioether (sulfide) groups is 1. The largest absolute Gasteiger partial charge is 0.493 e. The number of ether oxygens (including phenoxy) is 4. The Balaban J connectivity index is 1.67. The van der Waals surface area contributed by atoms with Crippen LogP contribution < -0.4 is 9.47 Å². The predicted octanol–water partition coefficient (Wildman–Crippen LogP) is 7.99. The number of carbonyl (C=O) groups is 1. The molecule has 2 aromatic rings. The number of aliphatic hydroxyl groups is 2. The lowest BCUT2D eigenvalue weighted by atomic mass is 9.55. The molecule has 6 atom stereocenters. The maximum Gasteiger partial charge on any atom is 0.409 e. The van der Waals surface area contributed by atoms with Gasteiger partial charge in [-0.25, -0.2) is 4.79 Å². The van der Waals surface area contributed by atoms with Crippen molar-refractivity contribution in [2.45, 2.75) is 87.9 Å². The molecule has 0 spiro atoms. The molecule has 0 aromatic heterocycles. The second kappa shape index (κ2) is 20.2. The van der Waals surface area contributed by atoms with E-state index < -0.39 is 17.9 Å². The van der Waals surface area contributed by atoms with Crippen LogP contribution in [0.1, 0.15) is 76.7 Å². The summed E-state index contributed by atoms with van der Waals surface area (Å²) in [5.74, 6) is 0.769. The summed E-state index contributed by atoms with van der Waals surface area (Å²) in [5, 5.41) is 24.3. The van der Waals surface area contributed by atoms with E-state index in [9.17, 15) is 15.0 Å². The molecule has 53 heavy (non-hydrogen) atoms. The highest BCUT2D eigenvalue weighted by Gasteiger charge is 2.65. The number of fused-ring (bicyclic) bond motifs is 2. The molecule has 290 valence electrons. The Hall–Kier alpha value is -3.51. The van der Waals surface area contributed by atoms with Gasteiger partial charge >= 0.3 is 6.09 Å². The third-order valence-electron chi connectivity index (χ3n) is 10.6. The van der Waals surface area contributed by atoms with Crippen LogP contribution in [0.4, 0.5) is 4.79 Å². The standard InChI is InChI=1S/C42H58N2O8S/c1-5-21-44(41(47)48-4)38-29-36(43-51-7-3)34-27-30(15-11-13-22-45)33(18-12-14-23-46)39-35-28-31(49-25-26-53-32-16-9-8-10-17-32)19-20-37(35)52-42(38,40(34)39)50-24-6-2/h6,8-10,16-17,19-20,27-28,30,33,38-40,45-46H,2,5,7,11-15,18,21-26,29H2,1,3-4H3. The summed E-state index contributed by atoms with van der Waals surface area (Å²) >= 11 is 1.76. The summed E-state index contributed by atoms with van der Waals surface area (Å²) in [6.45, 7) is 9.77. The molecule has 3 aliphatic rings. The second-order valence-electron chi connectivity index (χ2n) is 13.9. The van der Waals surface area contributed by atoms with Crippen LogP contribution in [0.5, 0.6) is 11.5 Å². The topological polar surface area (TPSA) is 119 Å². The summed E-state index contributed by atoms with van der Waals surface area (Å²) < 4.78 is 25.9. The van der Waals surface area contributed by atoms with Crippen LogP contribution in [0.3, 0.4) is 0 Å². The fraction of sp³-hybridized carbons (Fsp3) is 0.571. The van der Waals surface area contributed by atoms with Crippen LogP contribution in [-0.2, 0) is 14.3 Å². The molecule has 2 aromatic carbocycles. The molecule has 6 unspecified atom stereocenters. The van der Waals surface area contributed by atoms with Crippen molar-refractivity contribution < 1.29 is 38.8 Å². The molecular formula is C42H58N2O8S. The Labute approximate surface area is 319 Å². The van der Waals surface area contributed by atoms with Gasteiger partial charge < -0.3 is 34.0 Å². The molecule has 10 nitrogen and oxygen atoms in total. The second-order valence-corrected chi connectivity index (χ2v) is 15.0. The maximum atomic E-state index is 13.6. The average molecular weight is 751 g/mol. The van der Waals surface area contributed by atoms with E-state index in [2.05, 4.69) is 30.9 Å². The number of hydrogen-bond donors (Lipinski definition) is 2. The average Bonchev–Trinajstić information content (AvgIpc) is 3.18. The third kappa shape index (κ3) is 9.42. The minimum atomic E-state index is -1.30. The summed E-state index contributed by atoms with van der Waals surface area (Å²) in [4.78, 5) is 22.3. The normalized spacial score (nSPS) is 25.0. The van der Waals surface area contributed by atoms with Gasteiger partial charge in [-0.1, -0.05) is 55.3 Å². The van der Waals surface area contributed by atoms with Crippen molar-refractivity contribution in [3.63, 3.8) is 0 Å². The molecule has 0 saturated heterocycles. The SMILES string of the molecule is C=CCOC12Oc3ccc(OCCSc4ccccc4)cc3C3C(CCCCO)C(CCCCO)C=C(C(=NOCC)CC1N(CCC)C(=O)OC)C32. The van der Waals surface area contributed by atoms with Gasteiger partial charge in [0.05, 0.1) is 32.0 Å². The van der Waals surface area contributed by atoms with Crippen LogP contribution in [0.25, 0.3) is 0 Å². The lowest BCUT2D eigenvalue weighted by Gasteiger charge is -2.59. The number of carbonyl (C=O) groups excluding carboxylic acids is 1. The Kier molecular flexibility index (Phi) is 15.5. The van der Waals surface area contributed by atoms with Crippen molar-refractivity contribution in [2.24, 2.45) is 22.9 Å². The molecule has 0 bridgehead atoms. The monoisotopic (exact) mass is 750 g/mol. The van der Waals surface area contributed by atoms with Crippen LogP contribution in [0.15, 0.2) is 82.9 Å². The molecule has 2 aliphatic carbocycles. The fourth-order valence-electron chi connectivity index (χ4n) is 8.45. The zero-order valence-electron chi connectivity index (χ0n) is 31.6. The van der Waals surface area contributed by atoms with Crippen molar-refractivity contribution in [3.05, 3.63) is 78.4 Å². The molecular weight excluding hydrogens is 693 g/mol. The van der Waals surface area contributed by atoms with Gasteiger partial charge in [0.25, 0.3) is 0 Å². The molecule has 1 saturated carbocycles. The summed E-state index contributed by atoms with van der Waals surface area (Å²) in [7, 11) is 1.40. The minimum Gasteiger partial charge on any atom is -0.493 e. The first-order valence-corrected chi connectivity index (χ1v) is 20.3. The molecule has 1 aliphatic heterocycles. The lowest BCUT2D eigenvalue weighted by Crippen LogP contribution is -2.70. The highest BCUT2D eigenvalue weighted by atomic mass is 32.2.